The number of benzene rings is 6. The summed E-state index contributed by atoms with van der Waals surface area (Å²) in [7, 11) is -15.0. The SMILES string of the molecule is Nc1ccc(N=Nc2ccc(N=Nc3c(S(=O)(=O)O)cc4cc(S(=O)(=O)O)c(N=Nc5ccc(N=Nc6cc(S(=O)(=O)O)c(N)cc6N)cc5)c(O)c4c3N)cc2)c(N)c1.[Na].[Na].[Na]. The average Bonchev–Trinajstić information content (AvgIpc) is 3.15. The van der Waals surface area contributed by atoms with E-state index in [2.05, 4.69) is 40.9 Å². The van der Waals surface area contributed by atoms with Gasteiger partial charge in [0.1, 0.15) is 37.4 Å². The Morgan fingerprint density at radius 2 is 0.810 bits per heavy atom. The molecule has 6 rings (SSSR count). The Balaban J connectivity index is 0.00000352. The molecular formula is C34H29N13Na3O10S3. The number of nitrogens with two attached hydrogens (primary N) is 5. The zero-order chi connectivity index (χ0) is 43.7. The van der Waals surface area contributed by atoms with E-state index in [0.717, 1.165) is 24.3 Å². The molecule has 0 unspecified atom stereocenters. The standard InChI is InChI=1S/C34H29N13O10S3.3Na/c35-17-1-10-25(22(36)13-17)44-40-18-2-6-20(7-3-18)42-46-32-28(59(52,53)54)11-16-12-29(60(55,56)57)33(34(48)30(16)31(32)39)47-43-21-8-4-19(5-9-21)41-45-26-15-27(58(49,50)51)24(38)14-23(26)37;;;/h1-15,48H,35-39H2,(H,49,50,51)(H,52,53,54)(H,55,56,57);;;. The van der Waals surface area contributed by atoms with Crippen LogP contribution >= 0.6 is 0 Å². The van der Waals surface area contributed by atoms with Gasteiger partial charge in [-0.2, -0.15) is 45.7 Å². The van der Waals surface area contributed by atoms with Crippen LogP contribution in [0.2, 0.25) is 0 Å². The van der Waals surface area contributed by atoms with Crippen LogP contribution in [0.1, 0.15) is 0 Å². The molecule has 0 spiro atoms. The van der Waals surface area contributed by atoms with Gasteiger partial charge in [0.25, 0.3) is 30.4 Å². The van der Waals surface area contributed by atoms with Crippen molar-refractivity contribution in [1.29, 1.82) is 0 Å². The molecule has 6 aromatic rings. The molecule has 0 atom stereocenters. The molecule has 0 aliphatic rings. The number of hydrogen-bond acceptors (Lipinski definition) is 20. The summed E-state index contributed by atoms with van der Waals surface area (Å²) in [4.78, 5) is -2.57. The number of fused-ring (bicyclic) bond motifs is 1. The number of rotatable bonds is 11. The predicted molar refractivity (Wildman–Crippen MR) is 237 cm³/mol. The molecule has 0 fully saturated rings. The molecule has 14 N–H and O–H groups in total. The molecule has 0 amide bonds. The maximum absolute atomic E-state index is 12.5. The quantitative estimate of drug-likeness (QED) is 0.0282. The van der Waals surface area contributed by atoms with Gasteiger partial charge in [-0.05, 0) is 96.4 Å². The Kier molecular flexibility index (Phi) is 17.6. The third-order valence-electron chi connectivity index (χ3n) is 8.14. The van der Waals surface area contributed by atoms with Crippen molar-refractivity contribution in [2.75, 3.05) is 28.7 Å². The maximum atomic E-state index is 12.5. The molecule has 0 bridgehead atoms. The van der Waals surface area contributed by atoms with Crippen molar-refractivity contribution in [3.05, 3.63) is 91.0 Å². The summed E-state index contributed by atoms with van der Waals surface area (Å²) in [6.45, 7) is 0. The fraction of sp³-hybridized carbons (Fsp3) is 0. The van der Waals surface area contributed by atoms with E-state index in [-0.39, 0.29) is 128 Å². The summed E-state index contributed by atoms with van der Waals surface area (Å²) in [5.74, 6) is -0.980. The van der Waals surface area contributed by atoms with E-state index in [0.29, 0.717) is 22.7 Å². The van der Waals surface area contributed by atoms with Crippen LogP contribution in [-0.2, 0) is 30.4 Å². The van der Waals surface area contributed by atoms with Crippen molar-refractivity contribution < 1.29 is 44.0 Å². The van der Waals surface area contributed by atoms with E-state index in [1.165, 1.54) is 54.6 Å². The molecule has 0 heterocycles. The summed E-state index contributed by atoms with van der Waals surface area (Å²) in [6, 6.07) is 19.5. The first-order chi connectivity index (χ1) is 28.1. The number of anilines is 5. The van der Waals surface area contributed by atoms with Gasteiger partial charge in [0.2, 0.25) is 0 Å². The zero-order valence-electron chi connectivity index (χ0n) is 33.1. The Bertz CT molecular complexity index is 3200. The van der Waals surface area contributed by atoms with Crippen LogP contribution in [0, 0.1) is 0 Å². The van der Waals surface area contributed by atoms with Crippen LogP contribution in [0.25, 0.3) is 10.8 Å². The topological polar surface area (TPSA) is 412 Å². The van der Waals surface area contributed by atoms with E-state index in [9.17, 15) is 44.0 Å². The van der Waals surface area contributed by atoms with E-state index in [1.54, 1.807) is 12.1 Å². The van der Waals surface area contributed by atoms with E-state index < -0.39 is 73.2 Å². The van der Waals surface area contributed by atoms with Crippen molar-refractivity contribution >= 4 is 204 Å². The first-order valence-corrected chi connectivity index (χ1v) is 20.7. The molecule has 3 radical (unpaired) electrons. The molecule has 0 saturated heterocycles. The second-order valence-electron chi connectivity index (χ2n) is 12.3. The van der Waals surface area contributed by atoms with Gasteiger partial charge < -0.3 is 33.8 Å². The predicted octanol–water partition coefficient (Wildman–Crippen LogP) is 6.72. The molecule has 0 aliphatic heterocycles. The molecule has 6 aromatic carbocycles. The Morgan fingerprint density at radius 1 is 0.413 bits per heavy atom. The molecule has 0 saturated carbocycles. The van der Waals surface area contributed by atoms with Gasteiger partial charge in [0.05, 0.1) is 50.9 Å². The first kappa shape index (κ1) is 52.9. The van der Waals surface area contributed by atoms with Gasteiger partial charge in [-0.1, -0.05) is 0 Å². The fourth-order valence-electron chi connectivity index (χ4n) is 5.29. The number of azo groups is 4. The van der Waals surface area contributed by atoms with Crippen molar-refractivity contribution in [1.82, 2.24) is 0 Å². The molecule has 29 heteroatoms. The number of phenols is 1. The minimum atomic E-state index is -5.19. The molecule has 63 heavy (non-hydrogen) atoms. The minimum Gasteiger partial charge on any atom is -0.505 e. The second kappa shape index (κ2) is 21.0. The van der Waals surface area contributed by atoms with Gasteiger partial charge in [-0.3, -0.25) is 13.7 Å². The van der Waals surface area contributed by atoms with Crippen molar-refractivity contribution in [2.24, 2.45) is 40.9 Å². The summed E-state index contributed by atoms with van der Waals surface area (Å²) in [5.41, 5.74) is 28.7. The van der Waals surface area contributed by atoms with Crippen LogP contribution in [0.4, 0.5) is 73.9 Å². The Morgan fingerprint density at radius 3 is 1.25 bits per heavy atom. The van der Waals surface area contributed by atoms with Crippen LogP contribution in [0.5, 0.6) is 5.75 Å². The molecule has 0 aliphatic carbocycles. The maximum Gasteiger partial charge on any atom is 0.296 e. The van der Waals surface area contributed by atoms with Gasteiger partial charge in [0.15, 0.2) is 5.75 Å². The van der Waals surface area contributed by atoms with Crippen LogP contribution < -0.4 is 28.7 Å². The van der Waals surface area contributed by atoms with Crippen molar-refractivity contribution in [2.45, 2.75) is 14.7 Å². The van der Waals surface area contributed by atoms with Crippen LogP contribution in [0.3, 0.4) is 0 Å². The number of phenolic OH excluding ortho intramolecular Hbond substituents is 1. The first-order valence-electron chi connectivity index (χ1n) is 16.4. The van der Waals surface area contributed by atoms with E-state index >= 15 is 0 Å². The third-order valence-corrected chi connectivity index (χ3v) is 10.8. The molecular weight excluding hydrogens is 916 g/mol. The van der Waals surface area contributed by atoms with E-state index in [4.69, 9.17) is 28.7 Å². The zero-order valence-corrected chi connectivity index (χ0v) is 41.5. The van der Waals surface area contributed by atoms with Crippen molar-refractivity contribution in [3.63, 3.8) is 0 Å². The van der Waals surface area contributed by atoms with Gasteiger partial charge in [-0.25, -0.2) is 0 Å². The second-order valence-corrected chi connectivity index (χ2v) is 16.5. The summed E-state index contributed by atoms with van der Waals surface area (Å²) in [6.07, 6.45) is 0. The summed E-state index contributed by atoms with van der Waals surface area (Å²) >= 11 is 0. The molecule has 311 valence electrons. The van der Waals surface area contributed by atoms with Gasteiger partial charge in [-0.15, -0.1) is 20.5 Å². The average molecular weight is 945 g/mol. The van der Waals surface area contributed by atoms with Crippen LogP contribution in [0.15, 0.2) is 147 Å². The number of aromatic hydroxyl groups is 1. The van der Waals surface area contributed by atoms with Gasteiger partial charge >= 0.3 is 0 Å². The Labute approximate surface area is 424 Å². The summed E-state index contributed by atoms with van der Waals surface area (Å²) in [5, 5.41) is 42.2. The fourth-order valence-corrected chi connectivity index (χ4v) is 7.24. The Hall–Kier alpha value is -4.49. The minimum absolute atomic E-state index is 0. The van der Waals surface area contributed by atoms with Crippen molar-refractivity contribution in [3.8, 4) is 5.75 Å². The monoisotopic (exact) mass is 944 g/mol. The summed E-state index contributed by atoms with van der Waals surface area (Å²) < 4.78 is 103. The molecule has 23 nitrogen and oxygen atoms in total. The smallest absolute Gasteiger partial charge is 0.296 e. The molecule has 0 aromatic heterocycles. The number of nitrogen functional groups attached to an aromatic ring is 5. The van der Waals surface area contributed by atoms with E-state index in [1.807, 2.05) is 0 Å². The van der Waals surface area contributed by atoms with Crippen LogP contribution in [-0.4, -0.2) is 133 Å². The normalized spacial score (nSPS) is 12.2. The number of nitrogens with zero attached hydrogens (tertiary/aromatic N) is 8. The third kappa shape index (κ3) is 12.6. The number of hydrogen-bond donors (Lipinski definition) is 9. The van der Waals surface area contributed by atoms with Gasteiger partial charge in [0, 0.05) is 94.4 Å². The largest absolute Gasteiger partial charge is 0.505 e.